The molecule has 0 aliphatic carbocycles. The summed E-state index contributed by atoms with van der Waals surface area (Å²) in [5.74, 6) is 0.195. The van der Waals surface area contributed by atoms with Crippen LogP contribution in [0.15, 0.2) is 91.2 Å². The zero-order valence-corrected chi connectivity index (χ0v) is 15.3. The molecule has 4 rings (SSSR count). The first-order valence-corrected chi connectivity index (χ1v) is 9.32. The minimum absolute atomic E-state index is 0.0976. The fourth-order valence-corrected chi connectivity index (χ4v) is 3.25. The number of aromatic hydroxyl groups is 2. The van der Waals surface area contributed by atoms with Crippen LogP contribution in [0.1, 0.15) is 0 Å². The highest BCUT2D eigenvalue weighted by molar-refractivity contribution is 6.29. The highest BCUT2D eigenvalue weighted by Crippen LogP contribution is 2.35. The Morgan fingerprint density at radius 2 is 1.00 bits per heavy atom. The van der Waals surface area contributed by atoms with Crippen molar-refractivity contribution in [2.24, 2.45) is 18.4 Å². The molecule has 0 spiro atoms. The van der Waals surface area contributed by atoms with Crippen molar-refractivity contribution >= 4 is 48.6 Å². The number of phenolic OH excluding ortho intramolecular Hbond substituents is 2. The first-order chi connectivity index (χ1) is 13.2. The second kappa shape index (κ2) is 7.54. The van der Waals surface area contributed by atoms with E-state index in [2.05, 4.69) is 18.4 Å². The Labute approximate surface area is 161 Å². The average molecular weight is 369 g/mol. The summed E-state index contributed by atoms with van der Waals surface area (Å²) in [6.45, 7) is 0. The normalized spacial score (nSPS) is 11.7. The van der Waals surface area contributed by atoms with Crippen LogP contribution in [-0.4, -0.2) is 25.9 Å². The Morgan fingerprint density at radius 1 is 0.556 bits per heavy atom. The molecule has 0 saturated heterocycles. The summed E-state index contributed by atoms with van der Waals surface area (Å²) in [7, 11) is 0. The van der Waals surface area contributed by atoms with Crippen molar-refractivity contribution in [2.75, 3.05) is 0 Å². The number of benzene rings is 4. The maximum atomic E-state index is 10.3. The third-order valence-corrected chi connectivity index (χ3v) is 4.63. The minimum atomic E-state index is -0.796. The van der Waals surface area contributed by atoms with Gasteiger partial charge in [0.1, 0.15) is 11.4 Å². The first kappa shape index (κ1) is 17.2. The third kappa shape index (κ3) is 3.51. The molecular formula is C20H14AlN4O2. The van der Waals surface area contributed by atoms with Crippen molar-refractivity contribution in [3.8, 4) is 11.5 Å². The molecule has 0 bridgehead atoms. The summed E-state index contributed by atoms with van der Waals surface area (Å²) < 4.78 is 8.05. The first-order valence-electron chi connectivity index (χ1n) is 8.29. The molecule has 129 valence electrons. The van der Waals surface area contributed by atoms with Gasteiger partial charge in [-0.25, -0.2) is 0 Å². The lowest BCUT2D eigenvalue weighted by atomic mass is 10.1. The van der Waals surface area contributed by atoms with Gasteiger partial charge >= 0.3 is 15.7 Å². The summed E-state index contributed by atoms with van der Waals surface area (Å²) in [5, 5.41) is 32.0. The molecule has 0 saturated carbocycles. The highest BCUT2D eigenvalue weighted by atomic mass is 27.1. The predicted molar refractivity (Wildman–Crippen MR) is 106 cm³/mol. The predicted octanol–water partition coefficient (Wildman–Crippen LogP) is 5.81. The quantitative estimate of drug-likeness (QED) is 0.351. The van der Waals surface area contributed by atoms with Crippen molar-refractivity contribution in [2.45, 2.75) is 0 Å². The van der Waals surface area contributed by atoms with Gasteiger partial charge in [0.05, 0.1) is 0 Å². The molecule has 7 heteroatoms. The van der Waals surface area contributed by atoms with Crippen molar-refractivity contribution in [3.05, 3.63) is 72.8 Å². The largest absolute Gasteiger partial charge is 0.649 e. The minimum Gasteiger partial charge on any atom is -0.505 e. The van der Waals surface area contributed by atoms with E-state index >= 15 is 0 Å². The smallest absolute Gasteiger partial charge is 0.505 e. The second-order valence-electron chi connectivity index (χ2n) is 5.86. The Kier molecular flexibility index (Phi) is 4.79. The number of hydrogen-bond donors (Lipinski definition) is 2. The molecule has 0 aliphatic heterocycles. The van der Waals surface area contributed by atoms with Gasteiger partial charge in [-0.05, 0) is 22.9 Å². The SMILES string of the molecule is Oc1c(N=[N][Al][N]=Nc2ccc3ccccc3c2O)ccc2ccccc12. The molecule has 4 aromatic carbocycles. The van der Waals surface area contributed by atoms with Gasteiger partial charge in [-0.3, -0.25) is 8.20 Å². The van der Waals surface area contributed by atoms with Gasteiger partial charge in [0.25, 0.3) is 0 Å². The van der Waals surface area contributed by atoms with Gasteiger partial charge in [0, 0.05) is 10.8 Å². The summed E-state index contributed by atoms with van der Waals surface area (Å²) in [4.78, 5) is 0. The van der Waals surface area contributed by atoms with E-state index in [-0.39, 0.29) is 11.5 Å². The molecule has 0 amide bonds. The molecule has 0 unspecified atom stereocenters. The standard InChI is InChI=1S/2C10H7N2O.Al/c2*11-12-9-6-5-7-3-1-2-4-8(7)10(9)13;/h2*1-6,13H;/q2*-1;+2. The van der Waals surface area contributed by atoms with E-state index in [1.807, 2.05) is 60.7 Å². The number of hydrogen-bond acceptors (Lipinski definition) is 6. The van der Waals surface area contributed by atoms with Gasteiger partial charge in [0.15, 0.2) is 11.5 Å². The van der Waals surface area contributed by atoms with Crippen LogP contribution in [0, 0.1) is 0 Å². The van der Waals surface area contributed by atoms with Gasteiger partial charge in [0.2, 0.25) is 0 Å². The van der Waals surface area contributed by atoms with Crippen molar-refractivity contribution in [3.63, 3.8) is 0 Å². The Morgan fingerprint density at radius 3 is 1.48 bits per heavy atom. The number of phenols is 2. The van der Waals surface area contributed by atoms with E-state index in [9.17, 15) is 10.2 Å². The molecule has 27 heavy (non-hydrogen) atoms. The second-order valence-corrected chi connectivity index (χ2v) is 6.55. The van der Waals surface area contributed by atoms with Crippen LogP contribution in [0.5, 0.6) is 11.5 Å². The topological polar surface area (TPSA) is 89.9 Å². The summed E-state index contributed by atoms with van der Waals surface area (Å²) in [6, 6.07) is 22.2. The highest BCUT2D eigenvalue weighted by Gasteiger charge is 2.06. The monoisotopic (exact) mass is 369 g/mol. The third-order valence-electron chi connectivity index (χ3n) is 4.19. The molecule has 0 fully saturated rings. The summed E-state index contributed by atoms with van der Waals surface area (Å²) in [6.07, 6.45) is 0. The van der Waals surface area contributed by atoms with Crippen LogP contribution in [0.25, 0.3) is 21.5 Å². The fourth-order valence-electron chi connectivity index (χ4n) is 2.85. The number of fused-ring (bicyclic) bond motifs is 2. The van der Waals surface area contributed by atoms with Gasteiger partial charge in [-0.2, -0.15) is 10.2 Å². The Bertz CT molecular complexity index is 1100. The fraction of sp³-hybridized carbons (Fsp3) is 0. The Hall–Kier alpha value is -3.27. The van der Waals surface area contributed by atoms with Gasteiger partial charge in [-0.1, -0.05) is 60.7 Å². The van der Waals surface area contributed by atoms with Gasteiger partial charge < -0.3 is 10.2 Å². The zero-order valence-electron chi connectivity index (χ0n) is 14.2. The van der Waals surface area contributed by atoms with Crippen molar-refractivity contribution in [1.82, 2.24) is 0 Å². The van der Waals surface area contributed by atoms with E-state index < -0.39 is 15.7 Å². The maximum absolute atomic E-state index is 10.3. The van der Waals surface area contributed by atoms with E-state index in [0.717, 1.165) is 21.5 Å². The van der Waals surface area contributed by atoms with Crippen LogP contribution < -0.4 is 0 Å². The van der Waals surface area contributed by atoms with E-state index in [1.54, 1.807) is 12.1 Å². The molecule has 1 radical (unpaired) electrons. The van der Waals surface area contributed by atoms with E-state index in [1.165, 1.54) is 0 Å². The average Bonchev–Trinajstić information content (AvgIpc) is 2.71. The number of nitrogens with zero attached hydrogens (tertiary/aromatic N) is 4. The molecule has 0 aliphatic rings. The van der Waals surface area contributed by atoms with Crippen LogP contribution in [0.3, 0.4) is 0 Å². The van der Waals surface area contributed by atoms with E-state index in [4.69, 9.17) is 0 Å². The van der Waals surface area contributed by atoms with Crippen LogP contribution in [-0.2, 0) is 0 Å². The molecule has 0 aromatic heterocycles. The Balaban J connectivity index is 1.50. The lowest BCUT2D eigenvalue weighted by molar-refractivity contribution is 0.482. The molecule has 6 nitrogen and oxygen atoms in total. The van der Waals surface area contributed by atoms with E-state index in [0.29, 0.717) is 11.4 Å². The lowest BCUT2D eigenvalue weighted by Gasteiger charge is -2.03. The molecule has 0 atom stereocenters. The van der Waals surface area contributed by atoms with Crippen LogP contribution in [0.4, 0.5) is 11.4 Å². The molecule has 2 N–H and O–H groups in total. The molecule has 4 aromatic rings. The summed E-state index contributed by atoms with van der Waals surface area (Å²) >= 11 is -0.796. The molecule has 0 heterocycles. The molecular weight excluding hydrogens is 355 g/mol. The van der Waals surface area contributed by atoms with Crippen molar-refractivity contribution in [1.29, 1.82) is 0 Å². The van der Waals surface area contributed by atoms with Crippen LogP contribution in [0.2, 0.25) is 0 Å². The van der Waals surface area contributed by atoms with Gasteiger partial charge in [-0.15, -0.1) is 0 Å². The lowest BCUT2D eigenvalue weighted by Crippen LogP contribution is -1.78. The van der Waals surface area contributed by atoms with Crippen LogP contribution >= 0.6 is 0 Å². The maximum Gasteiger partial charge on any atom is 0.649 e. The van der Waals surface area contributed by atoms with Crippen molar-refractivity contribution < 1.29 is 10.2 Å². The number of rotatable bonds is 4. The summed E-state index contributed by atoms with van der Waals surface area (Å²) in [5.41, 5.74) is 0.787. The zero-order chi connectivity index (χ0) is 18.6.